The molecule has 1 aliphatic heterocycles. The minimum Gasteiger partial charge on any atom is -0.493 e. The van der Waals surface area contributed by atoms with Gasteiger partial charge in [-0.2, -0.15) is 0 Å². The predicted octanol–water partition coefficient (Wildman–Crippen LogP) is 1.91. The van der Waals surface area contributed by atoms with E-state index >= 15 is 0 Å². The molecule has 0 aliphatic carbocycles. The molecular weight excluding hydrogens is 314 g/mol. The standard InChI is InChI=1S/C17H26ClN3O2/c1-3-10-23-17-15(18)11-14(12-16(17)22-2)13-20-6-9-21-7-4-19-5-8-21/h3,11-12,19-20H,1,4-10,13H2,2H3. The topological polar surface area (TPSA) is 45.8 Å². The van der Waals surface area contributed by atoms with Crippen LogP contribution in [0.4, 0.5) is 0 Å². The quantitative estimate of drug-likeness (QED) is 0.531. The molecule has 0 radical (unpaired) electrons. The van der Waals surface area contributed by atoms with E-state index in [9.17, 15) is 0 Å². The van der Waals surface area contributed by atoms with Crippen LogP contribution >= 0.6 is 11.6 Å². The van der Waals surface area contributed by atoms with E-state index in [1.807, 2.05) is 12.1 Å². The molecular formula is C17H26ClN3O2. The molecule has 1 aliphatic rings. The highest BCUT2D eigenvalue weighted by atomic mass is 35.5. The SMILES string of the molecule is C=CCOc1c(Cl)cc(CNCCN2CCNCC2)cc1OC. The zero-order valence-electron chi connectivity index (χ0n) is 13.7. The van der Waals surface area contributed by atoms with E-state index in [1.165, 1.54) is 0 Å². The van der Waals surface area contributed by atoms with Gasteiger partial charge < -0.3 is 20.1 Å². The van der Waals surface area contributed by atoms with Crippen molar-refractivity contribution in [3.8, 4) is 11.5 Å². The van der Waals surface area contributed by atoms with Crippen LogP contribution in [0.1, 0.15) is 5.56 Å². The molecule has 1 heterocycles. The highest BCUT2D eigenvalue weighted by Gasteiger charge is 2.12. The number of halogens is 1. The molecule has 1 aromatic carbocycles. The molecule has 0 bridgehead atoms. The summed E-state index contributed by atoms with van der Waals surface area (Å²) in [5.41, 5.74) is 1.08. The summed E-state index contributed by atoms with van der Waals surface area (Å²) in [5.74, 6) is 1.22. The first-order chi connectivity index (χ1) is 11.2. The number of ether oxygens (including phenoxy) is 2. The van der Waals surface area contributed by atoms with E-state index in [1.54, 1.807) is 13.2 Å². The molecule has 2 N–H and O–H groups in total. The summed E-state index contributed by atoms with van der Waals surface area (Å²) in [5, 5.41) is 7.38. The Labute approximate surface area is 143 Å². The van der Waals surface area contributed by atoms with Crippen molar-refractivity contribution in [2.75, 3.05) is 53.0 Å². The number of hydrogen-bond donors (Lipinski definition) is 2. The highest BCUT2D eigenvalue weighted by molar-refractivity contribution is 6.32. The van der Waals surface area contributed by atoms with Gasteiger partial charge in [0.15, 0.2) is 11.5 Å². The Morgan fingerprint density at radius 2 is 2.17 bits per heavy atom. The third kappa shape index (κ3) is 5.70. The summed E-state index contributed by atoms with van der Waals surface area (Å²) < 4.78 is 10.9. The number of hydrogen-bond acceptors (Lipinski definition) is 5. The second kappa shape index (κ2) is 9.78. The molecule has 1 saturated heterocycles. The second-order valence-corrected chi connectivity index (χ2v) is 5.88. The van der Waals surface area contributed by atoms with Gasteiger partial charge in [0, 0.05) is 45.8 Å². The zero-order valence-corrected chi connectivity index (χ0v) is 14.5. The molecule has 0 amide bonds. The van der Waals surface area contributed by atoms with Crippen molar-refractivity contribution in [1.29, 1.82) is 0 Å². The van der Waals surface area contributed by atoms with Gasteiger partial charge in [-0.05, 0) is 17.7 Å². The minimum absolute atomic E-state index is 0.401. The van der Waals surface area contributed by atoms with E-state index in [2.05, 4.69) is 22.1 Å². The highest BCUT2D eigenvalue weighted by Crippen LogP contribution is 2.36. The lowest BCUT2D eigenvalue weighted by molar-refractivity contribution is 0.241. The van der Waals surface area contributed by atoms with E-state index in [4.69, 9.17) is 21.1 Å². The van der Waals surface area contributed by atoms with Crippen molar-refractivity contribution in [1.82, 2.24) is 15.5 Å². The summed E-state index contributed by atoms with van der Waals surface area (Å²) in [4.78, 5) is 2.46. The van der Waals surface area contributed by atoms with Gasteiger partial charge in [-0.15, -0.1) is 0 Å². The van der Waals surface area contributed by atoms with E-state index < -0.39 is 0 Å². The average molecular weight is 340 g/mol. The lowest BCUT2D eigenvalue weighted by Gasteiger charge is -2.27. The Hall–Kier alpha value is -1.27. The first-order valence-corrected chi connectivity index (χ1v) is 8.36. The normalized spacial score (nSPS) is 15.4. The second-order valence-electron chi connectivity index (χ2n) is 5.48. The van der Waals surface area contributed by atoms with Gasteiger partial charge >= 0.3 is 0 Å². The fraction of sp³-hybridized carbons (Fsp3) is 0.529. The van der Waals surface area contributed by atoms with Crippen LogP contribution < -0.4 is 20.1 Å². The van der Waals surface area contributed by atoms with Gasteiger partial charge in [0.25, 0.3) is 0 Å². The largest absolute Gasteiger partial charge is 0.493 e. The lowest BCUT2D eigenvalue weighted by atomic mass is 10.2. The van der Waals surface area contributed by atoms with Gasteiger partial charge in [-0.25, -0.2) is 0 Å². The molecule has 1 aromatic rings. The molecule has 0 unspecified atom stereocenters. The molecule has 5 nitrogen and oxygen atoms in total. The number of methoxy groups -OCH3 is 1. The number of rotatable bonds is 9. The van der Waals surface area contributed by atoms with Crippen LogP contribution in [0.3, 0.4) is 0 Å². The first kappa shape index (κ1) is 18.1. The maximum atomic E-state index is 6.30. The van der Waals surface area contributed by atoms with Crippen molar-refractivity contribution >= 4 is 11.6 Å². The Morgan fingerprint density at radius 3 is 2.87 bits per heavy atom. The number of nitrogens with one attached hydrogen (secondary N) is 2. The smallest absolute Gasteiger partial charge is 0.180 e. The van der Waals surface area contributed by atoms with Crippen LogP contribution in [-0.2, 0) is 6.54 Å². The van der Waals surface area contributed by atoms with Crippen LogP contribution in [0.25, 0.3) is 0 Å². The summed E-state index contributed by atoms with van der Waals surface area (Å²) in [6.45, 7) is 11.2. The molecule has 6 heteroatoms. The number of benzene rings is 1. The Kier molecular flexibility index (Phi) is 7.68. The summed E-state index contributed by atoms with van der Waals surface area (Å²) in [7, 11) is 1.62. The molecule has 0 spiro atoms. The number of nitrogens with zero attached hydrogens (tertiary/aromatic N) is 1. The van der Waals surface area contributed by atoms with Crippen molar-refractivity contribution in [2.24, 2.45) is 0 Å². The van der Waals surface area contributed by atoms with Crippen LogP contribution in [-0.4, -0.2) is 57.9 Å². The lowest BCUT2D eigenvalue weighted by Crippen LogP contribution is -2.45. The first-order valence-electron chi connectivity index (χ1n) is 7.98. The molecule has 23 heavy (non-hydrogen) atoms. The fourth-order valence-electron chi connectivity index (χ4n) is 2.56. The van der Waals surface area contributed by atoms with Gasteiger partial charge in [-0.1, -0.05) is 24.3 Å². The monoisotopic (exact) mass is 339 g/mol. The minimum atomic E-state index is 0.401. The van der Waals surface area contributed by atoms with Gasteiger partial charge in [0.2, 0.25) is 0 Å². The molecule has 128 valence electrons. The maximum Gasteiger partial charge on any atom is 0.180 e. The van der Waals surface area contributed by atoms with Crippen molar-refractivity contribution in [3.05, 3.63) is 35.4 Å². The molecule has 0 atom stereocenters. The Balaban J connectivity index is 1.84. The summed E-state index contributed by atoms with van der Waals surface area (Å²) >= 11 is 6.30. The maximum absolute atomic E-state index is 6.30. The van der Waals surface area contributed by atoms with Crippen LogP contribution in [0.2, 0.25) is 5.02 Å². The van der Waals surface area contributed by atoms with E-state index in [-0.39, 0.29) is 0 Å². The van der Waals surface area contributed by atoms with E-state index in [0.717, 1.165) is 51.4 Å². The van der Waals surface area contributed by atoms with Crippen LogP contribution in [0.15, 0.2) is 24.8 Å². The zero-order chi connectivity index (χ0) is 16.5. The van der Waals surface area contributed by atoms with Gasteiger partial charge in [-0.3, -0.25) is 4.90 Å². The fourth-order valence-corrected chi connectivity index (χ4v) is 2.85. The van der Waals surface area contributed by atoms with Crippen LogP contribution in [0, 0.1) is 0 Å². The Bertz CT molecular complexity index is 505. The molecule has 0 saturated carbocycles. The predicted molar refractivity (Wildman–Crippen MR) is 94.7 cm³/mol. The molecule has 0 aromatic heterocycles. The van der Waals surface area contributed by atoms with Crippen molar-refractivity contribution < 1.29 is 9.47 Å². The average Bonchev–Trinajstić information content (AvgIpc) is 2.58. The van der Waals surface area contributed by atoms with Crippen molar-refractivity contribution in [3.63, 3.8) is 0 Å². The van der Waals surface area contributed by atoms with Crippen LogP contribution in [0.5, 0.6) is 11.5 Å². The van der Waals surface area contributed by atoms with E-state index in [0.29, 0.717) is 23.1 Å². The summed E-state index contributed by atoms with van der Waals surface area (Å²) in [6, 6.07) is 3.88. The third-order valence-corrected chi connectivity index (χ3v) is 4.06. The molecule has 2 rings (SSSR count). The third-order valence-electron chi connectivity index (χ3n) is 3.78. The molecule has 1 fully saturated rings. The van der Waals surface area contributed by atoms with Crippen molar-refractivity contribution in [2.45, 2.75) is 6.54 Å². The number of piperazine rings is 1. The van der Waals surface area contributed by atoms with Gasteiger partial charge in [0.1, 0.15) is 6.61 Å². The van der Waals surface area contributed by atoms with Gasteiger partial charge in [0.05, 0.1) is 12.1 Å². The summed E-state index contributed by atoms with van der Waals surface area (Å²) in [6.07, 6.45) is 1.68. The Morgan fingerprint density at radius 1 is 1.39 bits per heavy atom.